The number of likely N-dealkylation sites (N-methyl/N-ethyl adjacent to an activating group) is 1. The average molecular weight is 233 g/mol. The van der Waals surface area contributed by atoms with Gasteiger partial charge in [-0.25, -0.2) is 0 Å². The van der Waals surface area contributed by atoms with Crippen LogP contribution in [0.15, 0.2) is 24.3 Å². The molecule has 1 rings (SSSR count). The summed E-state index contributed by atoms with van der Waals surface area (Å²) in [5.41, 5.74) is 2.88. The third-order valence-corrected chi connectivity index (χ3v) is 3.68. The maximum atomic E-state index is 3.61. The number of hydrogen-bond donors (Lipinski definition) is 1. The van der Waals surface area contributed by atoms with Gasteiger partial charge in [-0.15, -0.1) is 0 Å². The van der Waals surface area contributed by atoms with Gasteiger partial charge >= 0.3 is 0 Å². The van der Waals surface area contributed by atoms with Crippen LogP contribution in [0.1, 0.15) is 45.2 Å². The van der Waals surface area contributed by atoms with Gasteiger partial charge < -0.3 is 5.32 Å². The molecule has 0 radical (unpaired) electrons. The normalized spacial score (nSPS) is 14.6. The molecule has 0 saturated carbocycles. The molecule has 2 atom stereocenters. The second-order valence-electron chi connectivity index (χ2n) is 4.92. The third kappa shape index (κ3) is 4.51. The fourth-order valence-corrected chi connectivity index (χ4v) is 2.19. The van der Waals surface area contributed by atoms with Gasteiger partial charge in [-0.3, -0.25) is 0 Å². The van der Waals surface area contributed by atoms with E-state index in [4.69, 9.17) is 0 Å². The Morgan fingerprint density at radius 3 is 2.06 bits per heavy atom. The molecule has 0 aromatic heterocycles. The lowest BCUT2D eigenvalue weighted by molar-refractivity contribution is 0.371. The molecule has 1 N–H and O–H groups in total. The van der Waals surface area contributed by atoms with E-state index in [0.29, 0.717) is 6.04 Å². The van der Waals surface area contributed by atoms with E-state index in [2.05, 4.69) is 57.3 Å². The highest BCUT2D eigenvalue weighted by Gasteiger charge is 2.14. The molecule has 0 saturated heterocycles. The van der Waals surface area contributed by atoms with E-state index in [1.807, 2.05) is 0 Å². The lowest BCUT2D eigenvalue weighted by Crippen LogP contribution is -2.36. The van der Waals surface area contributed by atoms with Crippen LogP contribution in [0.4, 0.5) is 0 Å². The Labute approximate surface area is 107 Å². The minimum atomic E-state index is 0.609. The van der Waals surface area contributed by atoms with Crippen LogP contribution >= 0.6 is 0 Å². The van der Waals surface area contributed by atoms with Crippen molar-refractivity contribution in [2.75, 3.05) is 6.54 Å². The van der Waals surface area contributed by atoms with Gasteiger partial charge in [0.1, 0.15) is 0 Å². The Kier molecular flexibility index (Phi) is 6.28. The summed E-state index contributed by atoms with van der Waals surface area (Å²) in [7, 11) is 0. The van der Waals surface area contributed by atoms with Crippen molar-refractivity contribution < 1.29 is 0 Å². The number of benzene rings is 1. The molecule has 0 aliphatic rings. The van der Waals surface area contributed by atoms with Gasteiger partial charge in [0.15, 0.2) is 0 Å². The minimum absolute atomic E-state index is 0.609. The maximum absolute atomic E-state index is 3.61. The van der Waals surface area contributed by atoms with Crippen molar-refractivity contribution in [1.29, 1.82) is 0 Å². The van der Waals surface area contributed by atoms with Gasteiger partial charge in [-0.1, -0.05) is 58.4 Å². The molecule has 1 heteroatoms. The van der Waals surface area contributed by atoms with Crippen LogP contribution in [0.3, 0.4) is 0 Å². The summed E-state index contributed by atoms with van der Waals surface area (Å²) < 4.78 is 0. The number of nitrogens with one attached hydrogen (secondary N) is 1. The molecule has 17 heavy (non-hydrogen) atoms. The van der Waals surface area contributed by atoms with Gasteiger partial charge in [0, 0.05) is 6.04 Å². The Morgan fingerprint density at radius 2 is 1.59 bits per heavy atom. The summed E-state index contributed by atoms with van der Waals surface area (Å²) >= 11 is 0. The predicted octanol–water partition coefficient (Wildman–Crippen LogP) is 3.82. The Morgan fingerprint density at radius 1 is 1.00 bits per heavy atom. The summed E-state index contributed by atoms with van der Waals surface area (Å²) in [6, 6.07) is 9.69. The lowest BCUT2D eigenvalue weighted by atomic mass is 9.92. The van der Waals surface area contributed by atoms with E-state index >= 15 is 0 Å². The maximum Gasteiger partial charge on any atom is 0.0133 e. The zero-order valence-electron chi connectivity index (χ0n) is 11.8. The van der Waals surface area contributed by atoms with Gasteiger partial charge in [-0.2, -0.15) is 0 Å². The second-order valence-corrected chi connectivity index (χ2v) is 4.92. The van der Waals surface area contributed by atoms with Crippen molar-refractivity contribution in [2.24, 2.45) is 5.92 Å². The number of hydrogen-bond acceptors (Lipinski definition) is 1. The van der Waals surface area contributed by atoms with Crippen LogP contribution < -0.4 is 5.32 Å². The highest BCUT2D eigenvalue weighted by molar-refractivity contribution is 5.23. The van der Waals surface area contributed by atoms with E-state index < -0.39 is 0 Å². The molecule has 96 valence electrons. The number of aryl methyl sites for hydroxylation is 1. The van der Waals surface area contributed by atoms with E-state index in [1.165, 1.54) is 17.5 Å². The fourth-order valence-electron chi connectivity index (χ4n) is 2.19. The largest absolute Gasteiger partial charge is 0.314 e. The van der Waals surface area contributed by atoms with Crippen LogP contribution in [0.2, 0.25) is 0 Å². The molecular formula is C16H27N. The smallest absolute Gasteiger partial charge is 0.0133 e. The summed E-state index contributed by atoms with van der Waals surface area (Å²) in [5.74, 6) is 0.737. The molecule has 0 heterocycles. The molecule has 0 aliphatic carbocycles. The molecular weight excluding hydrogens is 206 g/mol. The topological polar surface area (TPSA) is 12.0 Å². The van der Waals surface area contributed by atoms with Gasteiger partial charge in [0.2, 0.25) is 0 Å². The van der Waals surface area contributed by atoms with Crippen molar-refractivity contribution in [3.63, 3.8) is 0 Å². The van der Waals surface area contributed by atoms with Crippen molar-refractivity contribution >= 4 is 0 Å². The standard InChI is InChI=1S/C16H27N/c1-5-13(4)16(17-7-3)12-15-10-8-14(6-2)9-11-15/h8-11,13,16-17H,5-7,12H2,1-4H3. The average Bonchev–Trinajstić information content (AvgIpc) is 2.38. The highest BCUT2D eigenvalue weighted by Crippen LogP contribution is 2.14. The SMILES string of the molecule is CCNC(Cc1ccc(CC)cc1)C(C)CC. The van der Waals surface area contributed by atoms with E-state index in [9.17, 15) is 0 Å². The van der Waals surface area contributed by atoms with Crippen LogP contribution in [0.25, 0.3) is 0 Å². The van der Waals surface area contributed by atoms with Crippen LogP contribution in [-0.4, -0.2) is 12.6 Å². The summed E-state index contributed by atoms with van der Waals surface area (Å²) in [6.07, 6.45) is 3.51. The molecule has 2 unspecified atom stereocenters. The molecule has 0 bridgehead atoms. The zero-order chi connectivity index (χ0) is 12.7. The van der Waals surface area contributed by atoms with Crippen LogP contribution in [-0.2, 0) is 12.8 Å². The first kappa shape index (κ1) is 14.2. The number of rotatable bonds is 7. The van der Waals surface area contributed by atoms with Gasteiger partial charge in [0.05, 0.1) is 0 Å². The van der Waals surface area contributed by atoms with E-state index in [1.54, 1.807) is 0 Å². The Bertz CT molecular complexity index is 302. The van der Waals surface area contributed by atoms with Crippen molar-refractivity contribution in [3.8, 4) is 0 Å². The molecule has 0 amide bonds. The van der Waals surface area contributed by atoms with Crippen LogP contribution in [0, 0.1) is 5.92 Å². The van der Waals surface area contributed by atoms with Crippen molar-refractivity contribution in [3.05, 3.63) is 35.4 Å². The second kappa shape index (κ2) is 7.50. The van der Waals surface area contributed by atoms with Crippen LogP contribution in [0.5, 0.6) is 0 Å². The Hall–Kier alpha value is -0.820. The summed E-state index contributed by atoms with van der Waals surface area (Å²) in [4.78, 5) is 0. The quantitative estimate of drug-likeness (QED) is 0.755. The van der Waals surface area contributed by atoms with Gasteiger partial charge in [0.25, 0.3) is 0 Å². The fraction of sp³-hybridized carbons (Fsp3) is 0.625. The third-order valence-electron chi connectivity index (χ3n) is 3.68. The van der Waals surface area contributed by atoms with Crippen molar-refractivity contribution in [1.82, 2.24) is 5.32 Å². The lowest BCUT2D eigenvalue weighted by Gasteiger charge is -2.24. The van der Waals surface area contributed by atoms with Gasteiger partial charge in [-0.05, 0) is 36.4 Å². The Balaban J connectivity index is 2.64. The highest BCUT2D eigenvalue weighted by atomic mass is 14.9. The molecule has 1 aromatic carbocycles. The molecule has 0 spiro atoms. The minimum Gasteiger partial charge on any atom is -0.314 e. The van der Waals surface area contributed by atoms with E-state index in [0.717, 1.165) is 25.3 Å². The molecule has 0 aliphatic heterocycles. The summed E-state index contributed by atoms with van der Waals surface area (Å²) in [6.45, 7) is 10.1. The monoisotopic (exact) mass is 233 g/mol. The molecule has 1 nitrogen and oxygen atoms in total. The molecule has 1 aromatic rings. The predicted molar refractivity (Wildman–Crippen MR) is 76.4 cm³/mol. The van der Waals surface area contributed by atoms with E-state index in [-0.39, 0.29) is 0 Å². The first-order valence-electron chi connectivity index (χ1n) is 7.02. The first-order chi connectivity index (χ1) is 8.21. The van der Waals surface area contributed by atoms with Crippen molar-refractivity contribution in [2.45, 2.75) is 53.0 Å². The zero-order valence-corrected chi connectivity index (χ0v) is 11.8. The summed E-state index contributed by atoms with van der Waals surface area (Å²) in [5, 5.41) is 3.61. The first-order valence-corrected chi connectivity index (χ1v) is 7.02. The molecule has 0 fully saturated rings.